The molecular weight excluding hydrogens is 230 g/mol. The molecule has 1 aromatic carbocycles. The Morgan fingerprint density at radius 1 is 1.44 bits per heavy atom. The number of anilines is 1. The van der Waals surface area contributed by atoms with Crippen LogP contribution >= 0.6 is 0 Å². The predicted octanol–water partition coefficient (Wildman–Crippen LogP) is 2.00. The zero-order valence-electron chi connectivity index (χ0n) is 10.6. The van der Waals surface area contributed by atoms with Gasteiger partial charge in [-0.15, -0.1) is 0 Å². The smallest absolute Gasteiger partial charge is 0.323 e. The summed E-state index contributed by atoms with van der Waals surface area (Å²) in [6.45, 7) is 0.599. The maximum absolute atomic E-state index is 11.1. The Bertz CT molecular complexity index is 389. The quantitative estimate of drug-likeness (QED) is 0.803. The monoisotopic (exact) mass is 249 g/mol. The van der Waals surface area contributed by atoms with Crippen molar-refractivity contribution in [2.75, 3.05) is 25.2 Å². The highest BCUT2D eigenvalue weighted by molar-refractivity contribution is 5.74. The maximum atomic E-state index is 11.1. The van der Waals surface area contributed by atoms with E-state index in [-0.39, 0.29) is 12.6 Å². The first-order valence-corrected chi connectivity index (χ1v) is 6.25. The number of carboxylic acids is 1. The summed E-state index contributed by atoms with van der Waals surface area (Å²) in [6, 6.07) is 9.86. The number of benzene rings is 1. The summed E-state index contributed by atoms with van der Waals surface area (Å²) < 4.78 is 5.25. The van der Waals surface area contributed by atoms with Gasteiger partial charge in [0.05, 0.1) is 12.6 Å². The second kappa shape index (κ2) is 5.87. The molecule has 0 radical (unpaired) electrons. The number of rotatable bonds is 7. The van der Waals surface area contributed by atoms with Crippen LogP contribution in [0.1, 0.15) is 12.8 Å². The first-order valence-electron chi connectivity index (χ1n) is 6.25. The van der Waals surface area contributed by atoms with Gasteiger partial charge < -0.3 is 14.7 Å². The van der Waals surface area contributed by atoms with E-state index in [1.807, 2.05) is 35.2 Å². The van der Waals surface area contributed by atoms with E-state index in [0.29, 0.717) is 12.5 Å². The lowest BCUT2D eigenvalue weighted by Crippen LogP contribution is -2.43. The van der Waals surface area contributed by atoms with Crippen LogP contribution in [0.25, 0.3) is 0 Å². The lowest BCUT2D eigenvalue weighted by atomic mass is 10.1. The molecule has 18 heavy (non-hydrogen) atoms. The van der Waals surface area contributed by atoms with E-state index in [1.54, 1.807) is 7.11 Å². The molecule has 4 heteroatoms. The van der Waals surface area contributed by atoms with Crippen molar-refractivity contribution in [2.24, 2.45) is 5.92 Å². The lowest BCUT2D eigenvalue weighted by molar-refractivity contribution is -0.135. The summed E-state index contributed by atoms with van der Waals surface area (Å²) in [5, 5.41) is 9.08. The molecule has 98 valence electrons. The molecule has 1 aliphatic rings. The number of carbonyl (C=O) groups is 1. The first kappa shape index (κ1) is 12.9. The Balaban J connectivity index is 2.20. The molecule has 2 rings (SSSR count). The number of hydrogen-bond acceptors (Lipinski definition) is 3. The molecule has 1 saturated carbocycles. The molecule has 0 spiro atoms. The molecule has 0 aromatic heterocycles. The number of methoxy groups -OCH3 is 1. The van der Waals surface area contributed by atoms with Crippen LogP contribution in [0.2, 0.25) is 0 Å². The van der Waals surface area contributed by atoms with E-state index < -0.39 is 5.97 Å². The zero-order chi connectivity index (χ0) is 13.0. The average Bonchev–Trinajstić information content (AvgIpc) is 3.18. The Hall–Kier alpha value is -1.55. The van der Waals surface area contributed by atoms with Gasteiger partial charge in [-0.2, -0.15) is 0 Å². The fraction of sp³-hybridized carbons (Fsp3) is 0.500. The number of ether oxygens (including phenoxy) is 1. The van der Waals surface area contributed by atoms with E-state index in [0.717, 1.165) is 18.5 Å². The van der Waals surface area contributed by atoms with Crippen molar-refractivity contribution in [3.05, 3.63) is 30.3 Å². The third-order valence-electron chi connectivity index (χ3n) is 3.30. The Morgan fingerprint density at radius 3 is 2.61 bits per heavy atom. The largest absolute Gasteiger partial charge is 0.480 e. The second-order valence-corrected chi connectivity index (χ2v) is 4.72. The van der Waals surface area contributed by atoms with Gasteiger partial charge in [0.15, 0.2) is 0 Å². The molecule has 0 amide bonds. The van der Waals surface area contributed by atoms with Crippen LogP contribution in [0, 0.1) is 5.92 Å². The van der Waals surface area contributed by atoms with Crippen molar-refractivity contribution in [1.29, 1.82) is 0 Å². The van der Waals surface area contributed by atoms with Crippen molar-refractivity contribution in [2.45, 2.75) is 18.9 Å². The molecule has 4 nitrogen and oxygen atoms in total. The van der Waals surface area contributed by atoms with Crippen LogP contribution in [0.4, 0.5) is 5.69 Å². The van der Waals surface area contributed by atoms with Crippen LogP contribution in [0.15, 0.2) is 30.3 Å². The summed E-state index contributed by atoms with van der Waals surface area (Å²) in [6.07, 6.45) is 2.33. The minimum atomic E-state index is -0.805. The van der Waals surface area contributed by atoms with Gasteiger partial charge in [0, 0.05) is 12.8 Å². The molecule has 1 aliphatic carbocycles. The first-order chi connectivity index (χ1) is 8.72. The van der Waals surface area contributed by atoms with Crippen LogP contribution < -0.4 is 4.90 Å². The molecule has 1 N–H and O–H groups in total. The minimum absolute atomic E-state index is 0.0224. The fourth-order valence-electron chi connectivity index (χ4n) is 2.30. The molecule has 1 atom stereocenters. The SMILES string of the molecule is COCC(C1CC1)N(CC(=O)O)c1ccccc1. The topological polar surface area (TPSA) is 49.8 Å². The van der Waals surface area contributed by atoms with E-state index in [2.05, 4.69) is 0 Å². The van der Waals surface area contributed by atoms with Crippen LogP contribution in [-0.2, 0) is 9.53 Å². The predicted molar refractivity (Wildman–Crippen MR) is 69.8 cm³/mol. The van der Waals surface area contributed by atoms with Gasteiger partial charge in [-0.05, 0) is 30.9 Å². The number of carboxylic acid groups (broad SMARTS) is 1. The zero-order valence-corrected chi connectivity index (χ0v) is 10.6. The van der Waals surface area contributed by atoms with E-state index in [9.17, 15) is 4.79 Å². The summed E-state index contributed by atoms with van der Waals surface area (Å²) >= 11 is 0. The standard InChI is InChI=1S/C14H19NO3/c1-18-10-13(11-7-8-11)15(9-14(16)17)12-5-3-2-4-6-12/h2-6,11,13H,7-10H2,1H3,(H,16,17). The minimum Gasteiger partial charge on any atom is -0.480 e. The van der Waals surface area contributed by atoms with Crippen molar-refractivity contribution in [3.8, 4) is 0 Å². The highest BCUT2D eigenvalue weighted by Gasteiger charge is 2.36. The third kappa shape index (κ3) is 3.23. The number of hydrogen-bond donors (Lipinski definition) is 1. The Morgan fingerprint density at radius 2 is 2.11 bits per heavy atom. The summed E-state index contributed by atoms with van der Waals surface area (Å²) in [7, 11) is 1.67. The maximum Gasteiger partial charge on any atom is 0.323 e. The van der Waals surface area contributed by atoms with Crippen molar-refractivity contribution in [1.82, 2.24) is 0 Å². The normalized spacial score (nSPS) is 16.3. The highest BCUT2D eigenvalue weighted by atomic mass is 16.5. The summed E-state index contributed by atoms with van der Waals surface area (Å²) in [4.78, 5) is 13.0. The molecule has 1 fully saturated rings. The Labute approximate surface area is 107 Å². The van der Waals surface area contributed by atoms with Crippen LogP contribution in [0.3, 0.4) is 0 Å². The molecular formula is C14H19NO3. The average molecular weight is 249 g/mol. The van der Waals surface area contributed by atoms with Gasteiger partial charge in [0.25, 0.3) is 0 Å². The number of para-hydroxylation sites is 1. The number of nitrogens with zero attached hydrogens (tertiary/aromatic N) is 1. The van der Waals surface area contributed by atoms with Crippen molar-refractivity contribution in [3.63, 3.8) is 0 Å². The van der Waals surface area contributed by atoms with Gasteiger partial charge in [0.2, 0.25) is 0 Å². The fourth-order valence-corrected chi connectivity index (χ4v) is 2.30. The molecule has 0 heterocycles. The molecule has 1 aromatic rings. The number of aliphatic carboxylic acids is 1. The Kier molecular flexibility index (Phi) is 4.20. The molecule has 1 unspecified atom stereocenters. The van der Waals surface area contributed by atoms with Crippen LogP contribution in [0.5, 0.6) is 0 Å². The van der Waals surface area contributed by atoms with Gasteiger partial charge >= 0.3 is 5.97 Å². The molecule has 0 saturated heterocycles. The molecule has 0 bridgehead atoms. The van der Waals surface area contributed by atoms with Gasteiger partial charge in [-0.3, -0.25) is 4.79 Å². The van der Waals surface area contributed by atoms with Crippen LogP contribution in [-0.4, -0.2) is 37.4 Å². The van der Waals surface area contributed by atoms with Gasteiger partial charge in [-0.1, -0.05) is 18.2 Å². The van der Waals surface area contributed by atoms with Crippen molar-refractivity contribution < 1.29 is 14.6 Å². The summed E-state index contributed by atoms with van der Waals surface area (Å²) in [5.74, 6) is -0.245. The van der Waals surface area contributed by atoms with Crippen molar-refractivity contribution >= 4 is 11.7 Å². The van der Waals surface area contributed by atoms with E-state index >= 15 is 0 Å². The van der Waals surface area contributed by atoms with Gasteiger partial charge in [0.1, 0.15) is 6.54 Å². The molecule has 0 aliphatic heterocycles. The van der Waals surface area contributed by atoms with E-state index in [1.165, 1.54) is 0 Å². The third-order valence-corrected chi connectivity index (χ3v) is 3.30. The van der Waals surface area contributed by atoms with Gasteiger partial charge in [-0.25, -0.2) is 0 Å². The highest BCUT2D eigenvalue weighted by Crippen LogP contribution is 2.37. The summed E-state index contributed by atoms with van der Waals surface area (Å²) in [5.41, 5.74) is 0.953. The second-order valence-electron chi connectivity index (χ2n) is 4.72. The van der Waals surface area contributed by atoms with E-state index in [4.69, 9.17) is 9.84 Å². The lowest BCUT2D eigenvalue weighted by Gasteiger charge is -2.32.